The molecule has 0 N–H and O–H groups in total. The van der Waals surface area contributed by atoms with Gasteiger partial charge in [-0.15, -0.1) is 0 Å². The molecule has 5 nitrogen and oxygen atoms in total. The Kier molecular flexibility index (Phi) is 5.33. The molecule has 0 radical (unpaired) electrons. The number of non-ortho nitro benzene ring substituents is 1. The zero-order chi connectivity index (χ0) is 21.3. The molecule has 4 rings (SSSR count). The van der Waals surface area contributed by atoms with E-state index in [1.165, 1.54) is 12.1 Å². The maximum absolute atomic E-state index is 13.4. The normalized spacial score (nSPS) is 14.9. The van der Waals surface area contributed by atoms with E-state index in [0.29, 0.717) is 16.8 Å². The lowest BCUT2D eigenvalue weighted by Gasteiger charge is -2.22. The van der Waals surface area contributed by atoms with Crippen molar-refractivity contribution in [3.8, 4) is 0 Å². The van der Waals surface area contributed by atoms with Gasteiger partial charge in [-0.3, -0.25) is 19.8 Å². The van der Waals surface area contributed by atoms with Gasteiger partial charge in [0.05, 0.1) is 16.3 Å². The Morgan fingerprint density at radius 1 is 1.00 bits per heavy atom. The van der Waals surface area contributed by atoms with Crippen molar-refractivity contribution in [1.82, 2.24) is 0 Å². The van der Waals surface area contributed by atoms with Crippen LogP contribution in [-0.2, 0) is 4.79 Å². The topological polar surface area (TPSA) is 63.5 Å². The van der Waals surface area contributed by atoms with Crippen LogP contribution in [0.25, 0.3) is 11.8 Å². The van der Waals surface area contributed by atoms with Gasteiger partial charge in [0, 0.05) is 22.2 Å². The molecule has 0 bridgehead atoms. The average molecular weight is 461 g/mol. The Morgan fingerprint density at radius 2 is 1.70 bits per heavy atom. The Bertz CT molecular complexity index is 1200. The smallest absolute Gasteiger partial charge is 0.269 e. The van der Waals surface area contributed by atoms with E-state index in [1.54, 1.807) is 17.9 Å². The molecular formula is C24H17BrN2O3. The fourth-order valence-electron chi connectivity index (χ4n) is 3.42. The minimum absolute atomic E-state index is 0.00114. The van der Waals surface area contributed by atoms with Crippen molar-refractivity contribution in [3.63, 3.8) is 0 Å². The third-order valence-corrected chi connectivity index (χ3v) is 5.41. The van der Waals surface area contributed by atoms with Crippen LogP contribution in [0.2, 0.25) is 0 Å². The number of anilines is 1. The molecule has 30 heavy (non-hydrogen) atoms. The SMILES string of the molecule is Cc1cc([N+](=O)[O-])ccc1N1C(=O)/C(=C/c2ccc(Br)cc2)C=C1c1ccccc1. The van der Waals surface area contributed by atoms with Gasteiger partial charge in [-0.2, -0.15) is 0 Å². The van der Waals surface area contributed by atoms with Crippen LogP contribution in [0, 0.1) is 17.0 Å². The second-order valence-corrected chi connectivity index (χ2v) is 7.83. The summed E-state index contributed by atoms with van der Waals surface area (Å²) in [4.78, 5) is 25.7. The van der Waals surface area contributed by atoms with Gasteiger partial charge in [0.1, 0.15) is 0 Å². The Morgan fingerprint density at radius 3 is 2.33 bits per heavy atom. The fraction of sp³-hybridized carbons (Fsp3) is 0.0417. The maximum atomic E-state index is 13.4. The molecule has 3 aromatic rings. The van der Waals surface area contributed by atoms with Gasteiger partial charge in [-0.05, 0) is 54.0 Å². The second kappa shape index (κ2) is 8.08. The van der Waals surface area contributed by atoms with Crippen LogP contribution in [0.4, 0.5) is 11.4 Å². The summed E-state index contributed by atoms with van der Waals surface area (Å²) in [5, 5.41) is 11.1. The van der Waals surface area contributed by atoms with Gasteiger partial charge in [-0.1, -0.05) is 58.4 Å². The van der Waals surface area contributed by atoms with Crippen LogP contribution in [0.15, 0.2) is 88.9 Å². The van der Waals surface area contributed by atoms with Crippen molar-refractivity contribution in [2.45, 2.75) is 6.92 Å². The van der Waals surface area contributed by atoms with E-state index in [4.69, 9.17) is 0 Å². The fourth-order valence-corrected chi connectivity index (χ4v) is 3.68. The number of rotatable bonds is 4. The number of hydrogen-bond acceptors (Lipinski definition) is 3. The summed E-state index contributed by atoms with van der Waals surface area (Å²) in [5.41, 5.74) is 4.37. The monoisotopic (exact) mass is 460 g/mol. The van der Waals surface area contributed by atoms with Crippen LogP contribution in [0.3, 0.4) is 0 Å². The van der Waals surface area contributed by atoms with Crippen LogP contribution in [0.1, 0.15) is 16.7 Å². The van der Waals surface area contributed by atoms with E-state index in [1.807, 2.05) is 66.7 Å². The van der Waals surface area contributed by atoms with E-state index in [0.717, 1.165) is 21.3 Å². The summed E-state index contributed by atoms with van der Waals surface area (Å²) in [6.07, 6.45) is 3.71. The molecule has 0 aromatic heterocycles. The summed E-state index contributed by atoms with van der Waals surface area (Å²) in [7, 11) is 0. The lowest BCUT2D eigenvalue weighted by Crippen LogP contribution is -2.25. The van der Waals surface area contributed by atoms with Gasteiger partial charge in [-0.25, -0.2) is 0 Å². The molecule has 1 aliphatic heterocycles. The standard InChI is InChI=1S/C24H17BrN2O3/c1-16-13-21(27(29)30)11-12-22(16)26-23(18-5-3-2-4-6-18)15-19(24(26)28)14-17-7-9-20(25)10-8-17/h2-15H,1H3/b19-14+. The van der Waals surface area contributed by atoms with Crippen molar-refractivity contribution in [3.05, 3.63) is 116 Å². The highest BCUT2D eigenvalue weighted by Gasteiger charge is 2.31. The van der Waals surface area contributed by atoms with Crippen molar-refractivity contribution in [1.29, 1.82) is 0 Å². The first kappa shape index (κ1) is 19.8. The Hall–Kier alpha value is -3.51. The van der Waals surface area contributed by atoms with Crippen LogP contribution < -0.4 is 4.90 Å². The minimum atomic E-state index is -0.435. The minimum Gasteiger partial charge on any atom is -0.276 e. The van der Waals surface area contributed by atoms with Crippen LogP contribution in [-0.4, -0.2) is 10.8 Å². The molecule has 0 fully saturated rings. The van der Waals surface area contributed by atoms with E-state index < -0.39 is 4.92 Å². The summed E-state index contributed by atoms with van der Waals surface area (Å²) in [6, 6.07) is 21.9. The molecule has 6 heteroatoms. The van der Waals surface area contributed by atoms with Crippen LogP contribution in [0.5, 0.6) is 0 Å². The third kappa shape index (κ3) is 3.82. The first-order chi connectivity index (χ1) is 14.4. The summed E-state index contributed by atoms with van der Waals surface area (Å²) < 4.78 is 0.964. The van der Waals surface area contributed by atoms with Gasteiger partial charge in [0.15, 0.2) is 0 Å². The zero-order valence-corrected chi connectivity index (χ0v) is 17.7. The Labute approximate surface area is 182 Å². The predicted octanol–water partition coefficient (Wildman–Crippen LogP) is 6.14. The lowest BCUT2D eigenvalue weighted by atomic mass is 10.1. The summed E-state index contributed by atoms with van der Waals surface area (Å²) >= 11 is 3.42. The van der Waals surface area contributed by atoms with Crippen molar-refractivity contribution in [2.75, 3.05) is 4.90 Å². The van der Waals surface area contributed by atoms with Gasteiger partial charge < -0.3 is 0 Å². The molecule has 0 saturated heterocycles. The number of hydrogen-bond donors (Lipinski definition) is 0. The van der Waals surface area contributed by atoms with Gasteiger partial charge in [0.2, 0.25) is 0 Å². The molecule has 0 unspecified atom stereocenters. The molecule has 0 atom stereocenters. The molecule has 1 aliphatic rings. The number of benzene rings is 3. The molecule has 0 saturated carbocycles. The van der Waals surface area contributed by atoms with E-state index in [9.17, 15) is 14.9 Å². The number of aryl methyl sites for hydroxylation is 1. The molecule has 3 aromatic carbocycles. The second-order valence-electron chi connectivity index (χ2n) is 6.92. The molecule has 148 valence electrons. The van der Waals surface area contributed by atoms with Crippen LogP contribution >= 0.6 is 15.9 Å². The highest BCUT2D eigenvalue weighted by molar-refractivity contribution is 9.10. The predicted molar refractivity (Wildman–Crippen MR) is 122 cm³/mol. The quantitative estimate of drug-likeness (QED) is 0.267. The highest BCUT2D eigenvalue weighted by Crippen LogP contribution is 2.37. The average Bonchev–Trinajstić information content (AvgIpc) is 3.06. The first-order valence-electron chi connectivity index (χ1n) is 9.28. The number of carbonyl (C=O) groups excluding carboxylic acids is 1. The number of nitro benzene ring substituents is 1. The van der Waals surface area contributed by atoms with Gasteiger partial charge >= 0.3 is 0 Å². The van der Waals surface area contributed by atoms with E-state index >= 15 is 0 Å². The number of nitrogens with zero attached hydrogens (tertiary/aromatic N) is 2. The van der Waals surface area contributed by atoms with Crippen molar-refractivity contribution in [2.24, 2.45) is 0 Å². The molecule has 0 aliphatic carbocycles. The van der Waals surface area contributed by atoms with Crippen molar-refractivity contribution >= 4 is 45.0 Å². The number of carbonyl (C=O) groups is 1. The van der Waals surface area contributed by atoms with E-state index in [2.05, 4.69) is 15.9 Å². The number of halogens is 1. The Balaban J connectivity index is 1.83. The summed E-state index contributed by atoms with van der Waals surface area (Å²) in [5.74, 6) is -0.172. The molecule has 1 heterocycles. The zero-order valence-electron chi connectivity index (χ0n) is 16.1. The molecular weight excluding hydrogens is 444 g/mol. The third-order valence-electron chi connectivity index (χ3n) is 4.88. The first-order valence-corrected chi connectivity index (χ1v) is 10.1. The lowest BCUT2D eigenvalue weighted by molar-refractivity contribution is -0.384. The molecule has 1 amide bonds. The largest absolute Gasteiger partial charge is 0.276 e. The van der Waals surface area contributed by atoms with E-state index in [-0.39, 0.29) is 11.6 Å². The highest BCUT2D eigenvalue weighted by atomic mass is 79.9. The van der Waals surface area contributed by atoms with Gasteiger partial charge in [0.25, 0.3) is 11.6 Å². The summed E-state index contributed by atoms with van der Waals surface area (Å²) in [6.45, 7) is 1.77. The molecule has 0 spiro atoms. The maximum Gasteiger partial charge on any atom is 0.269 e. The number of amides is 1. The number of nitro groups is 1. The van der Waals surface area contributed by atoms with Crippen molar-refractivity contribution < 1.29 is 9.72 Å².